The summed E-state index contributed by atoms with van der Waals surface area (Å²) in [5.41, 5.74) is 1.07. The van der Waals surface area contributed by atoms with Gasteiger partial charge >= 0.3 is 0 Å². The van der Waals surface area contributed by atoms with Gasteiger partial charge in [0.05, 0.1) is 5.69 Å². The molecule has 2 N–H and O–H groups in total. The molecule has 4 nitrogen and oxygen atoms in total. The minimum atomic E-state index is -0.488. The monoisotopic (exact) mass is 393 g/mol. The van der Waals surface area contributed by atoms with E-state index in [1.54, 1.807) is 18.2 Å². The summed E-state index contributed by atoms with van der Waals surface area (Å²) in [6, 6.07) is 13.2. The first-order chi connectivity index (χ1) is 11.1. The summed E-state index contributed by atoms with van der Waals surface area (Å²) >= 11 is 4.75. The number of amidine groups is 1. The zero-order valence-corrected chi connectivity index (χ0v) is 14.3. The largest absolute Gasteiger partial charge is 0.333 e. The Morgan fingerprint density at radius 1 is 1.22 bits per heavy atom. The molecule has 7 heteroatoms. The van der Waals surface area contributed by atoms with Crippen LogP contribution in [0.1, 0.15) is 0 Å². The molecule has 1 aliphatic rings. The predicted octanol–water partition coefficient (Wildman–Crippen LogP) is 4.11. The minimum Gasteiger partial charge on any atom is -0.333 e. The molecule has 0 saturated heterocycles. The Morgan fingerprint density at radius 3 is 2.70 bits per heavy atom. The average molecular weight is 394 g/mol. The van der Waals surface area contributed by atoms with E-state index in [9.17, 15) is 9.18 Å². The predicted molar refractivity (Wildman–Crippen MR) is 96.5 cm³/mol. The highest BCUT2D eigenvalue weighted by Crippen LogP contribution is 2.23. The van der Waals surface area contributed by atoms with Gasteiger partial charge in [0.25, 0.3) is 0 Å². The van der Waals surface area contributed by atoms with E-state index in [-0.39, 0.29) is 11.7 Å². The smallest absolute Gasteiger partial charge is 0.250 e. The van der Waals surface area contributed by atoms with Crippen LogP contribution in [0.4, 0.5) is 15.8 Å². The maximum absolute atomic E-state index is 13.6. The summed E-state index contributed by atoms with van der Waals surface area (Å²) in [4.78, 5) is 16.5. The molecule has 1 atom stereocenters. The van der Waals surface area contributed by atoms with Gasteiger partial charge in [-0.05, 0) is 36.4 Å². The SMILES string of the molecule is O=C(Nc1ccc(Br)cc1)C1CSC(Nc2ccccc2F)=N1. The maximum atomic E-state index is 13.6. The summed E-state index contributed by atoms with van der Waals surface area (Å²) < 4.78 is 14.6. The summed E-state index contributed by atoms with van der Waals surface area (Å²) in [6.45, 7) is 0. The zero-order valence-electron chi connectivity index (χ0n) is 11.9. The number of nitrogens with one attached hydrogen (secondary N) is 2. The molecule has 1 unspecified atom stereocenters. The van der Waals surface area contributed by atoms with Gasteiger partial charge in [0.2, 0.25) is 5.91 Å². The van der Waals surface area contributed by atoms with E-state index in [0.717, 1.165) is 4.47 Å². The fourth-order valence-electron chi connectivity index (χ4n) is 2.01. The summed E-state index contributed by atoms with van der Waals surface area (Å²) in [6.07, 6.45) is 0. The molecule has 0 fully saturated rings. The number of aliphatic imine (C=N–C) groups is 1. The highest BCUT2D eigenvalue weighted by Gasteiger charge is 2.25. The van der Waals surface area contributed by atoms with Crippen LogP contribution in [-0.4, -0.2) is 22.9 Å². The quantitative estimate of drug-likeness (QED) is 0.824. The number of amides is 1. The number of rotatable bonds is 3. The van der Waals surface area contributed by atoms with E-state index in [1.807, 2.05) is 24.3 Å². The molecule has 3 rings (SSSR count). The topological polar surface area (TPSA) is 53.5 Å². The molecule has 1 aliphatic heterocycles. The number of carbonyl (C=O) groups excluding carboxylic acids is 1. The molecule has 0 bridgehead atoms. The lowest BCUT2D eigenvalue weighted by atomic mass is 10.3. The molecule has 2 aromatic rings. The number of anilines is 2. The van der Waals surface area contributed by atoms with Crippen molar-refractivity contribution in [1.82, 2.24) is 0 Å². The van der Waals surface area contributed by atoms with Crippen molar-refractivity contribution in [3.63, 3.8) is 0 Å². The van der Waals surface area contributed by atoms with Crippen molar-refractivity contribution in [2.75, 3.05) is 16.4 Å². The molecule has 0 spiro atoms. The third-order valence-corrected chi connectivity index (χ3v) is 4.67. The summed E-state index contributed by atoms with van der Waals surface area (Å²) in [5.74, 6) is 0.00260. The first-order valence-corrected chi connectivity index (χ1v) is 8.68. The second kappa shape index (κ2) is 7.14. The van der Waals surface area contributed by atoms with Gasteiger partial charge in [0.1, 0.15) is 11.9 Å². The van der Waals surface area contributed by atoms with Crippen molar-refractivity contribution in [2.45, 2.75) is 6.04 Å². The van der Waals surface area contributed by atoms with Gasteiger partial charge in [-0.15, -0.1) is 0 Å². The van der Waals surface area contributed by atoms with E-state index in [0.29, 0.717) is 22.3 Å². The fourth-order valence-corrected chi connectivity index (χ4v) is 3.20. The van der Waals surface area contributed by atoms with Gasteiger partial charge in [0.15, 0.2) is 5.17 Å². The molecular weight excluding hydrogens is 381 g/mol. The summed E-state index contributed by atoms with van der Waals surface area (Å²) in [5, 5.41) is 6.29. The van der Waals surface area contributed by atoms with E-state index in [2.05, 4.69) is 31.6 Å². The number of para-hydroxylation sites is 1. The Kier molecular flexibility index (Phi) is 4.97. The number of halogens is 2. The standard InChI is InChI=1S/C16H13BrFN3OS/c17-10-5-7-11(8-6-10)19-15(22)14-9-23-16(21-14)20-13-4-2-1-3-12(13)18/h1-8,14H,9H2,(H,19,22)(H,20,21). The van der Waals surface area contributed by atoms with Crippen LogP contribution in [0.25, 0.3) is 0 Å². The number of hydrogen-bond acceptors (Lipinski definition) is 4. The van der Waals surface area contributed by atoms with Gasteiger partial charge in [-0.1, -0.05) is 39.8 Å². The second-order valence-corrected chi connectivity index (χ2v) is 6.79. The van der Waals surface area contributed by atoms with Crippen LogP contribution in [0, 0.1) is 5.82 Å². The van der Waals surface area contributed by atoms with Gasteiger partial charge in [-0.2, -0.15) is 0 Å². The molecule has 1 heterocycles. The molecule has 0 radical (unpaired) electrons. The highest BCUT2D eigenvalue weighted by molar-refractivity contribution is 9.10. The number of hydrogen-bond donors (Lipinski definition) is 2. The van der Waals surface area contributed by atoms with Crippen LogP contribution >= 0.6 is 27.7 Å². The van der Waals surface area contributed by atoms with Crippen LogP contribution < -0.4 is 10.6 Å². The van der Waals surface area contributed by atoms with Crippen molar-refractivity contribution >= 4 is 50.1 Å². The molecule has 0 aliphatic carbocycles. The highest BCUT2D eigenvalue weighted by atomic mass is 79.9. The molecule has 0 aromatic heterocycles. The van der Waals surface area contributed by atoms with Gasteiger partial charge in [0, 0.05) is 15.9 Å². The number of thioether (sulfide) groups is 1. The Morgan fingerprint density at radius 2 is 1.96 bits per heavy atom. The van der Waals surface area contributed by atoms with Crippen LogP contribution in [0.3, 0.4) is 0 Å². The van der Waals surface area contributed by atoms with Crippen LogP contribution in [0.15, 0.2) is 58.0 Å². The normalized spacial score (nSPS) is 16.8. The molecule has 1 amide bonds. The molecule has 0 saturated carbocycles. The lowest BCUT2D eigenvalue weighted by molar-refractivity contribution is -0.116. The number of carbonyl (C=O) groups is 1. The first kappa shape index (κ1) is 16.0. The Balaban J connectivity index is 1.63. The maximum Gasteiger partial charge on any atom is 0.250 e. The van der Waals surface area contributed by atoms with Gasteiger partial charge < -0.3 is 10.6 Å². The first-order valence-electron chi connectivity index (χ1n) is 6.90. The van der Waals surface area contributed by atoms with E-state index < -0.39 is 6.04 Å². The van der Waals surface area contributed by atoms with Crippen molar-refractivity contribution in [3.05, 3.63) is 58.8 Å². The Hall–Kier alpha value is -1.86. The Labute approximate surface area is 145 Å². The second-order valence-electron chi connectivity index (χ2n) is 4.86. The van der Waals surface area contributed by atoms with Gasteiger partial charge in [-0.25, -0.2) is 9.38 Å². The molecular formula is C16H13BrFN3OS. The molecule has 2 aromatic carbocycles. The van der Waals surface area contributed by atoms with Gasteiger partial charge in [-0.3, -0.25) is 4.79 Å². The van der Waals surface area contributed by atoms with Crippen molar-refractivity contribution in [3.8, 4) is 0 Å². The lowest BCUT2D eigenvalue weighted by Gasteiger charge is -2.08. The van der Waals surface area contributed by atoms with Crippen LogP contribution in [0.5, 0.6) is 0 Å². The van der Waals surface area contributed by atoms with Crippen LogP contribution in [-0.2, 0) is 4.79 Å². The van der Waals surface area contributed by atoms with E-state index in [1.165, 1.54) is 17.8 Å². The van der Waals surface area contributed by atoms with Crippen LogP contribution in [0.2, 0.25) is 0 Å². The number of benzene rings is 2. The van der Waals surface area contributed by atoms with E-state index >= 15 is 0 Å². The third kappa shape index (κ3) is 4.11. The molecule has 23 heavy (non-hydrogen) atoms. The number of nitrogens with zero attached hydrogens (tertiary/aromatic N) is 1. The average Bonchev–Trinajstić information content (AvgIpc) is 3.01. The zero-order chi connectivity index (χ0) is 16.2. The van der Waals surface area contributed by atoms with Crippen molar-refractivity contribution in [2.24, 2.45) is 4.99 Å². The van der Waals surface area contributed by atoms with Crippen molar-refractivity contribution < 1.29 is 9.18 Å². The summed E-state index contributed by atoms with van der Waals surface area (Å²) in [7, 11) is 0. The van der Waals surface area contributed by atoms with E-state index in [4.69, 9.17) is 0 Å². The lowest BCUT2D eigenvalue weighted by Crippen LogP contribution is -2.26. The fraction of sp³-hybridized carbons (Fsp3) is 0.125. The van der Waals surface area contributed by atoms with Crippen molar-refractivity contribution in [1.29, 1.82) is 0 Å². The minimum absolute atomic E-state index is 0.176. The Bertz CT molecular complexity index is 751. The third-order valence-electron chi connectivity index (χ3n) is 3.18. The molecule has 118 valence electrons.